The first-order chi connectivity index (χ1) is 9.18. The lowest BCUT2D eigenvalue weighted by Gasteiger charge is -2.59. The minimum Gasteiger partial charge on any atom is -0.319 e. The Kier molecular flexibility index (Phi) is 3.42. The standard InChI is InChI=1S/C18H27N/c1-15-6-8-16(9-7-15)18(14-19-2)12-17(13-18)10-4-3-5-11-17/h6-9,19H,3-5,10-14H2,1-2H3. The second-order valence-corrected chi connectivity index (χ2v) is 7.09. The van der Waals surface area contributed by atoms with E-state index in [2.05, 4.69) is 43.6 Å². The van der Waals surface area contributed by atoms with Gasteiger partial charge in [0.05, 0.1) is 0 Å². The summed E-state index contributed by atoms with van der Waals surface area (Å²) in [5.41, 5.74) is 4.04. The van der Waals surface area contributed by atoms with Crippen LogP contribution < -0.4 is 5.32 Å². The van der Waals surface area contributed by atoms with Gasteiger partial charge in [0.1, 0.15) is 0 Å². The average molecular weight is 257 g/mol. The fraction of sp³-hybridized carbons (Fsp3) is 0.667. The van der Waals surface area contributed by atoms with Crippen LogP contribution in [0.3, 0.4) is 0 Å². The molecule has 19 heavy (non-hydrogen) atoms. The third-order valence-electron chi connectivity index (χ3n) is 5.52. The summed E-state index contributed by atoms with van der Waals surface area (Å²) in [4.78, 5) is 0. The third kappa shape index (κ3) is 2.33. The van der Waals surface area contributed by atoms with Gasteiger partial charge < -0.3 is 5.32 Å². The van der Waals surface area contributed by atoms with Crippen molar-refractivity contribution in [3.8, 4) is 0 Å². The van der Waals surface area contributed by atoms with Crippen LogP contribution in [0.15, 0.2) is 24.3 Å². The Morgan fingerprint density at radius 2 is 1.63 bits per heavy atom. The number of benzene rings is 1. The highest BCUT2D eigenvalue weighted by Crippen LogP contribution is 2.61. The van der Waals surface area contributed by atoms with Gasteiger partial charge in [-0.2, -0.15) is 0 Å². The summed E-state index contributed by atoms with van der Waals surface area (Å²) in [6.45, 7) is 3.32. The van der Waals surface area contributed by atoms with Crippen molar-refractivity contribution in [1.29, 1.82) is 0 Å². The molecule has 0 atom stereocenters. The fourth-order valence-electron chi connectivity index (χ4n) is 4.72. The summed E-state index contributed by atoms with van der Waals surface area (Å²) in [6.07, 6.45) is 10.2. The molecule has 0 amide bonds. The lowest BCUT2D eigenvalue weighted by molar-refractivity contribution is -0.0118. The molecular weight excluding hydrogens is 230 g/mol. The molecule has 0 saturated heterocycles. The molecule has 0 bridgehead atoms. The Labute approximate surface area is 117 Å². The van der Waals surface area contributed by atoms with Crippen molar-refractivity contribution < 1.29 is 0 Å². The van der Waals surface area contributed by atoms with Crippen LogP contribution in [0.4, 0.5) is 0 Å². The molecule has 0 aliphatic heterocycles. The highest BCUT2D eigenvalue weighted by atomic mass is 14.8. The summed E-state index contributed by atoms with van der Waals surface area (Å²) in [5.74, 6) is 0. The van der Waals surface area contributed by atoms with Gasteiger partial charge >= 0.3 is 0 Å². The highest BCUT2D eigenvalue weighted by Gasteiger charge is 2.54. The highest BCUT2D eigenvalue weighted by molar-refractivity contribution is 5.33. The lowest BCUT2D eigenvalue weighted by atomic mass is 9.46. The number of nitrogens with one attached hydrogen (secondary N) is 1. The van der Waals surface area contributed by atoms with Crippen LogP contribution in [-0.4, -0.2) is 13.6 Å². The van der Waals surface area contributed by atoms with Gasteiger partial charge in [-0.1, -0.05) is 49.1 Å². The molecule has 3 rings (SSSR count). The fourth-order valence-corrected chi connectivity index (χ4v) is 4.72. The first kappa shape index (κ1) is 13.2. The Hall–Kier alpha value is -0.820. The van der Waals surface area contributed by atoms with Crippen molar-refractivity contribution in [1.82, 2.24) is 5.32 Å². The van der Waals surface area contributed by atoms with Crippen molar-refractivity contribution in [2.24, 2.45) is 5.41 Å². The first-order valence-electron chi connectivity index (χ1n) is 7.90. The van der Waals surface area contributed by atoms with E-state index in [4.69, 9.17) is 0 Å². The Morgan fingerprint density at radius 1 is 1.00 bits per heavy atom. The topological polar surface area (TPSA) is 12.0 Å². The normalized spacial score (nSPS) is 24.1. The second-order valence-electron chi connectivity index (χ2n) is 7.09. The minimum absolute atomic E-state index is 0.416. The van der Waals surface area contributed by atoms with Crippen LogP contribution in [0.25, 0.3) is 0 Å². The quantitative estimate of drug-likeness (QED) is 0.856. The van der Waals surface area contributed by atoms with E-state index in [1.165, 1.54) is 50.5 Å². The van der Waals surface area contributed by atoms with Crippen LogP contribution in [0.2, 0.25) is 0 Å². The van der Waals surface area contributed by atoms with Gasteiger partial charge in [-0.25, -0.2) is 0 Å². The third-order valence-corrected chi connectivity index (χ3v) is 5.52. The molecule has 1 spiro atoms. The van der Waals surface area contributed by atoms with E-state index in [1.807, 2.05) is 0 Å². The molecule has 0 unspecified atom stereocenters. The van der Waals surface area contributed by atoms with E-state index in [0.717, 1.165) is 6.54 Å². The zero-order valence-electron chi connectivity index (χ0n) is 12.5. The molecule has 104 valence electrons. The Bertz CT molecular complexity index is 418. The summed E-state index contributed by atoms with van der Waals surface area (Å²) in [7, 11) is 2.10. The molecule has 0 heterocycles. The van der Waals surface area contributed by atoms with Crippen molar-refractivity contribution in [2.75, 3.05) is 13.6 Å². The predicted octanol–water partition coefficient (Wildman–Crippen LogP) is 4.20. The number of hydrogen-bond donors (Lipinski definition) is 1. The SMILES string of the molecule is CNCC1(c2ccc(C)cc2)CC2(CCCCC2)C1. The molecule has 0 aromatic heterocycles. The van der Waals surface area contributed by atoms with E-state index in [1.54, 1.807) is 5.56 Å². The molecule has 2 saturated carbocycles. The smallest absolute Gasteiger partial charge is 0.00882 e. The summed E-state index contributed by atoms with van der Waals surface area (Å²) in [6, 6.07) is 9.28. The van der Waals surface area contributed by atoms with Crippen molar-refractivity contribution >= 4 is 0 Å². The van der Waals surface area contributed by atoms with Crippen molar-refractivity contribution in [2.45, 2.75) is 57.3 Å². The maximum absolute atomic E-state index is 3.45. The maximum Gasteiger partial charge on any atom is 0.00882 e. The molecule has 1 nitrogen and oxygen atoms in total. The Morgan fingerprint density at radius 3 is 2.21 bits per heavy atom. The van der Waals surface area contributed by atoms with Gasteiger partial charge in [0, 0.05) is 12.0 Å². The second kappa shape index (κ2) is 4.94. The molecular formula is C18H27N. The van der Waals surface area contributed by atoms with Crippen LogP contribution in [0.1, 0.15) is 56.1 Å². The van der Waals surface area contributed by atoms with Gasteiger partial charge in [-0.3, -0.25) is 0 Å². The summed E-state index contributed by atoms with van der Waals surface area (Å²) >= 11 is 0. The predicted molar refractivity (Wildman–Crippen MR) is 81.5 cm³/mol. The first-order valence-corrected chi connectivity index (χ1v) is 7.90. The monoisotopic (exact) mass is 257 g/mol. The summed E-state index contributed by atoms with van der Waals surface area (Å²) in [5, 5.41) is 3.45. The van der Waals surface area contributed by atoms with Gasteiger partial charge in [0.2, 0.25) is 0 Å². The molecule has 1 aromatic carbocycles. The van der Waals surface area contributed by atoms with Gasteiger partial charge in [0.25, 0.3) is 0 Å². The molecule has 1 aromatic rings. The molecule has 2 fully saturated rings. The lowest BCUT2D eigenvalue weighted by Crippen LogP contribution is -2.55. The van der Waals surface area contributed by atoms with Gasteiger partial charge in [0.15, 0.2) is 0 Å². The molecule has 1 N–H and O–H groups in total. The van der Waals surface area contributed by atoms with Gasteiger partial charge in [-0.05, 0) is 50.6 Å². The van der Waals surface area contributed by atoms with E-state index >= 15 is 0 Å². The molecule has 0 radical (unpaired) electrons. The van der Waals surface area contributed by atoms with Crippen LogP contribution >= 0.6 is 0 Å². The van der Waals surface area contributed by atoms with E-state index in [0.29, 0.717) is 10.8 Å². The molecule has 2 aliphatic carbocycles. The summed E-state index contributed by atoms with van der Waals surface area (Å²) < 4.78 is 0. The van der Waals surface area contributed by atoms with E-state index < -0.39 is 0 Å². The van der Waals surface area contributed by atoms with Crippen LogP contribution in [-0.2, 0) is 5.41 Å². The van der Waals surface area contributed by atoms with E-state index in [9.17, 15) is 0 Å². The van der Waals surface area contributed by atoms with Gasteiger partial charge in [-0.15, -0.1) is 0 Å². The van der Waals surface area contributed by atoms with Crippen LogP contribution in [0, 0.1) is 12.3 Å². The maximum atomic E-state index is 3.45. The minimum atomic E-state index is 0.416. The zero-order chi connectivity index (χ0) is 13.3. The van der Waals surface area contributed by atoms with Crippen molar-refractivity contribution in [3.63, 3.8) is 0 Å². The number of rotatable bonds is 3. The van der Waals surface area contributed by atoms with E-state index in [-0.39, 0.29) is 0 Å². The van der Waals surface area contributed by atoms with Crippen LogP contribution in [0.5, 0.6) is 0 Å². The number of likely N-dealkylation sites (N-methyl/N-ethyl adjacent to an activating group) is 1. The molecule has 2 aliphatic rings. The largest absolute Gasteiger partial charge is 0.319 e. The number of aryl methyl sites for hydroxylation is 1. The number of hydrogen-bond acceptors (Lipinski definition) is 1. The molecule has 1 heteroatoms. The average Bonchev–Trinajstić information content (AvgIpc) is 2.39. The zero-order valence-corrected chi connectivity index (χ0v) is 12.5. The Balaban J connectivity index is 1.80. The van der Waals surface area contributed by atoms with Crippen molar-refractivity contribution in [3.05, 3.63) is 35.4 Å².